The number of fused-ring (bicyclic) bond motifs is 2. The predicted molar refractivity (Wildman–Crippen MR) is 118 cm³/mol. The van der Waals surface area contributed by atoms with Crippen molar-refractivity contribution in [1.29, 1.82) is 0 Å². The summed E-state index contributed by atoms with van der Waals surface area (Å²) in [5.41, 5.74) is 8.59. The van der Waals surface area contributed by atoms with Gasteiger partial charge in [-0.05, 0) is 107 Å². The molecule has 4 aliphatic rings. The third kappa shape index (κ3) is 4.92. The van der Waals surface area contributed by atoms with Crippen molar-refractivity contribution in [3.05, 3.63) is 10.4 Å². The summed E-state index contributed by atoms with van der Waals surface area (Å²) in [6.45, 7) is 0.535. The lowest BCUT2D eigenvalue weighted by Gasteiger charge is -2.46. The van der Waals surface area contributed by atoms with E-state index in [9.17, 15) is 4.79 Å². The lowest BCUT2D eigenvalue weighted by Crippen LogP contribution is -2.52. The molecule has 168 valence electrons. The molecule has 0 aromatic heterocycles. The number of alkyl halides is 1. The number of ether oxygens (including phenoxy) is 1. The molecule has 0 aromatic rings. The number of piperidine rings is 1. The zero-order valence-corrected chi connectivity index (χ0v) is 19.1. The number of esters is 1. The Bertz CT molecular complexity index is 639. The fourth-order valence-electron chi connectivity index (χ4n) is 6.87. The Morgan fingerprint density at radius 1 is 1.10 bits per heavy atom. The Kier molecular flexibility index (Phi) is 7.48. The molecule has 4 atom stereocenters. The van der Waals surface area contributed by atoms with Gasteiger partial charge in [0, 0.05) is 28.4 Å². The Morgan fingerprint density at radius 2 is 1.83 bits per heavy atom. The maximum absolute atomic E-state index is 13.3. The van der Waals surface area contributed by atoms with E-state index in [1.165, 1.54) is 19.3 Å². The molecule has 0 radical (unpaired) electrons. The maximum atomic E-state index is 13.3. The maximum Gasteiger partial charge on any atom is 0.310 e. The number of halogens is 1. The largest absolute Gasteiger partial charge is 0.465 e. The first kappa shape index (κ1) is 22.2. The molecule has 2 bridgehead atoms. The van der Waals surface area contributed by atoms with Crippen molar-refractivity contribution in [1.82, 2.24) is 4.90 Å². The first-order valence-corrected chi connectivity index (χ1v) is 12.6. The quantitative estimate of drug-likeness (QED) is 0.176. The van der Waals surface area contributed by atoms with E-state index in [4.69, 9.17) is 21.9 Å². The van der Waals surface area contributed by atoms with Crippen molar-refractivity contribution in [2.45, 2.75) is 101 Å². The van der Waals surface area contributed by atoms with Gasteiger partial charge in [-0.1, -0.05) is 5.11 Å². The lowest BCUT2D eigenvalue weighted by molar-refractivity contribution is -0.157. The first-order valence-electron chi connectivity index (χ1n) is 12.1. The smallest absolute Gasteiger partial charge is 0.310 e. The van der Waals surface area contributed by atoms with Gasteiger partial charge >= 0.3 is 5.97 Å². The highest BCUT2D eigenvalue weighted by atomic mass is 35.5. The Morgan fingerprint density at radius 3 is 2.53 bits per heavy atom. The molecule has 4 rings (SSSR count). The van der Waals surface area contributed by atoms with Crippen LogP contribution in [0.3, 0.4) is 0 Å². The van der Waals surface area contributed by atoms with Crippen LogP contribution in [0.1, 0.15) is 77.0 Å². The number of azide groups is 1. The van der Waals surface area contributed by atoms with Crippen molar-refractivity contribution in [2.24, 2.45) is 28.8 Å². The Hall–Kier alpha value is -0.970. The fraction of sp³-hybridized carbons (Fsp3) is 0.957. The molecule has 2 saturated carbocycles. The van der Waals surface area contributed by atoms with Crippen LogP contribution in [0.25, 0.3) is 10.4 Å². The molecule has 0 amide bonds. The van der Waals surface area contributed by atoms with Crippen molar-refractivity contribution in [3.63, 3.8) is 0 Å². The van der Waals surface area contributed by atoms with Crippen molar-refractivity contribution in [3.8, 4) is 0 Å². The van der Waals surface area contributed by atoms with Crippen LogP contribution in [0.2, 0.25) is 0 Å². The highest BCUT2D eigenvalue weighted by Crippen LogP contribution is 2.48. The molecule has 2 unspecified atom stereocenters. The van der Waals surface area contributed by atoms with E-state index in [-0.39, 0.29) is 17.9 Å². The molecule has 2 heterocycles. The summed E-state index contributed by atoms with van der Waals surface area (Å²) in [7, 11) is 2.21. The minimum absolute atomic E-state index is 0.0336. The molecule has 2 aliphatic carbocycles. The third-order valence-electron chi connectivity index (χ3n) is 8.70. The van der Waals surface area contributed by atoms with Crippen LogP contribution < -0.4 is 0 Å². The summed E-state index contributed by atoms with van der Waals surface area (Å²) in [6.07, 6.45) is 13.0. The molecule has 2 saturated heterocycles. The molecular weight excluding hydrogens is 400 g/mol. The van der Waals surface area contributed by atoms with Gasteiger partial charge in [0.1, 0.15) is 0 Å². The molecule has 0 aromatic carbocycles. The van der Waals surface area contributed by atoms with Gasteiger partial charge in [0.2, 0.25) is 0 Å². The normalized spacial score (nSPS) is 41.8. The highest BCUT2D eigenvalue weighted by molar-refractivity contribution is 6.20. The number of hydrogen-bond acceptors (Lipinski definition) is 4. The number of nitrogens with zero attached hydrogens (tertiary/aromatic N) is 4. The van der Waals surface area contributed by atoms with Crippen molar-refractivity contribution >= 4 is 17.6 Å². The van der Waals surface area contributed by atoms with E-state index in [1.54, 1.807) is 0 Å². The van der Waals surface area contributed by atoms with Gasteiger partial charge in [-0.2, -0.15) is 0 Å². The number of rotatable bonds is 6. The van der Waals surface area contributed by atoms with Crippen LogP contribution in [0.4, 0.5) is 0 Å². The minimum atomic E-state index is 0.0336. The van der Waals surface area contributed by atoms with Crippen LogP contribution in [0, 0.1) is 23.7 Å². The van der Waals surface area contributed by atoms with Gasteiger partial charge in [0.05, 0.1) is 12.5 Å². The van der Waals surface area contributed by atoms with E-state index < -0.39 is 0 Å². The summed E-state index contributed by atoms with van der Waals surface area (Å²) in [4.78, 5) is 18.7. The van der Waals surface area contributed by atoms with Gasteiger partial charge in [-0.15, -0.1) is 11.6 Å². The average Bonchev–Trinajstić information content (AvgIpc) is 2.98. The van der Waals surface area contributed by atoms with E-state index in [0.717, 1.165) is 57.8 Å². The van der Waals surface area contributed by atoms with Crippen LogP contribution in [-0.2, 0) is 9.53 Å². The molecule has 30 heavy (non-hydrogen) atoms. The average molecular weight is 437 g/mol. The molecule has 6 nitrogen and oxygen atoms in total. The minimum Gasteiger partial charge on any atom is -0.465 e. The second-order valence-electron chi connectivity index (χ2n) is 10.2. The van der Waals surface area contributed by atoms with Crippen molar-refractivity contribution in [2.75, 3.05) is 13.7 Å². The second kappa shape index (κ2) is 10.1. The molecular formula is C23H37ClN4O2. The van der Waals surface area contributed by atoms with Gasteiger partial charge in [-0.25, -0.2) is 0 Å². The third-order valence-corrected chi connectivity index (χ3v) is 9.13. The van der Waals surface area contributed by atoms with E-state index >= 15 is 0 Å². The van der Waals surface area contributed by atoms with Gasteiger partial charge in [0.15, 0.2) is 0 Å². The van der Waals surface area contributed by atoms with E-state index in [1.807, 2.05) is 0 Å². The predicted octanol–water partition coefficient (Wildman–Crippen LogP) is 5.69. The molecule has 7 heteroatoms. The second-order valence-corrected chi connectivity index (χ2v) is 10.9. The van der Waals surface area contributed by atoms with Gasteiger partial charge < -0.3 is 4.74 Å². The topological polar surface area (TPSA) is 78.3 Å². The Labute approximate surface area is 185 Å². The fourth-order valence-corrected chi connectivity index (χ4v) is 7.12. The SMILES string of the molecule is CN1C2CC[C@@H]1C[C@H](C1CCC(Cl)CC1)C2C(=O)OCCC1CCC(N=[N+]=[N-])CC1. The van der Waals surface area contributed by atoms with Gasteiger partial charge in [-0.3, -0.25) is 9.69 Å². The number of carbonyl (C=O) groups is 1. The molecule has 4 fully saturated rings. The van der Waals surface area contributed by atoms with Crippen LogP contribution >= 0.6 is 11.6 Å². The Balaban J connectivity index is 1.31. The summed E-state index contributed by atoms with van der Waals surface area (Å²) in [6, 6.07) is 1.16. The zero-order chi connectivity index (χ0) is 21.1. The van der Waals surface area contributed by atoms with E-state index in [2.05, 4.69) is 22.0 Å². The molecule has 2 aliphatic heterocycles. The summed E-state index contributed by atoms with van der Waals surface area (Å²) in [5, 5.41) is 4.18. The summed E-state index contributed by atoms with van der Waals surface area (Å²) >= 11 is 6.36. The summed E-state index contributed by atoms with van der Waals surface area (Å²) < 4.78 is 5.93. The first-order chi connectivity index (χ1) is 14.6. The summed E-state index contributed by atoms with van der Waals surface area (Å²) in [5.74, 6) is 1.77. The number of hydrogen-bond donors (Lipinski definition) is 0. The standard InChI is InChI=1S/C23H37ClN4O2/c1-28-19-10-11-21(28)22(20(14-19)16-4-6-17(24)7-5-16)23(29)30-13-12-15-2-8-18(9-3-15)26-27-25/h15-22H,2-14H2,1H3/t15?,16?,17?,18?,19-,20-,21?,22?/m1/s1. The van der Waals surface area contributed by atoms with Crippen LogP contribution in [0.5, 0.6) is 0 Å². The van der Waals surface area contributed by atoms with Crippen molar-refractivity contribution < 1.29 is 9.53 Å². The zero-order valence-electron chi connectivity index (χ0n) is 18.3. The van der Waals surface area contributed by atoms with E-state index in [0.29, 0.717) is 41.8 Å². The van der Waals surface area contributed by atoms with Crippen LogP contribution in [0.15, 0.2) is 5.11 Å². The lowest BCUT2D eigenvalue weighted by atomic mass is 9.68. The van der Waals surface area contributed by atoms with Crippen LogP contribution in [-0.4, -0.2) is 48.0 Å². The molecule has 0 spiro atoms. The number of carbonyl (C=O) groups excluding carboxylic acids is 1. The molecule has 0 N–H and O–H groups in total. The van der Waals surface area contributed by atoms with Gasteiger partial charge in [0.25, 0.3) is 0 Å². The monoisotopic (exact) mass is 436 g/mol. The highest BCUT2D eigenvalue weighted by Gasteiger charge is 2.51.